The molecule has 0 aliphatic heterocycles. The number of hydrogen-bond donors (Lipinski definition) is 1. The highest BCUT2D eigenvalue weighted by Crippen LogP contribution is 1.96. The summed E-state index contributed by atoms with van der Waals surface area (Å²) in [6.07, 6.45) is -0.364. The van der Waals surface area contributed by atoms with Crippen LogP contribution >= 0.6 is 0 Å². The Morgan fingerprint density at radius 2 is 2.00 bits per heavy atom. The molecule has 0 fully saturated rings. The van der Waals surface area contributed by atoms with Gasteiger partial charge in [-0.25, -0.2) is 0 Å². The molecule has 0 bridgehead atoms. The average molecular weight is 175 g/mol. The lowest BCUT2D eigenvalue weighted by Gasteiger charge is -2.23. The van der Waals surface area contributed by atoms with Crippen LogP contribution < -0.4 is 0 Å². The van der Waals surface area contributed by atoms with Crippen molar-refractivity contribution in [3.8, 4) is 0 Å². The minimum Gasteiger partial charge on any atom is -0.389 e. The van der Waals surface area contributed by atoms with Crippen molar-refractivity contribution in [2.75, 3.05) is 26.8 Å². The van der Waals surface area contributed by atoms with E-state index in [1.165, 1.54) is 0 Å². The molecule has 3 heteroatoms. The third-order valence-corrected chi connectivity index (χ3v) is 1.89. The van der Waals surface area contributed by atoms with Crippen LogP contribution in [-0.4, -0.2) is 49.0 Å². The van der Waals surface area contributed by atoms with E-state index in [4.69, 9.17) is 4.74 Å². The highest BCUT2D eigenvalue weighted by molar-refractivity contribution is 4.63. The number of likely N-dealkylation sites (N-methyl/N-ethyl adjacent to an activating group) is 1. The molecule has 0 saturated carbocycles. The summed E-state index contributed by atoms with van der Waals surface area (Å²) in [7, 11) is 2.00. The largest absolute Gasteiger partial charge is 0.389 e. The third-order valence-electron chi connectivity index (χ3n) is 1.89. The molecule has 12 heavy (non-hydrogen) atoms. The molecule has 0 radical (unpaired) electrons. The minimum atomic E-state index is -0.364. The SMILES string of the molecule is CCOCC(O)CN(C)C(C)C. The highest BCUT2D eigenvalue weighted by Gasteiger charge is 2.09. The zero-order valence-corrected chi connectivity index (χ0v) is 8.58. The lowest BCUT2D eigenvalue weighted by atomic mass is 10.3. The Hall–Kier alpha value is -0.120. The molecule has 1 N–H and O–H groups in total. The molecule has 0 aromatic carbocycles. The Morgan fingerprint density at radius 3 is 2.42 bits per heavy atom. The third kappa shape index (κ3) is 5.52. The summed E-state index contributed by atoms with van der Waals surface area (Å²) in [5.74, 6) is 0. The van der Waals surface area contributed by atoms with Crippen molar-refractivity contribution in [3.05, 3.63) is 0 Å². The van der Waals surface area contributed by atoms with Gasteiger partial charge >= 0.3 is 0 Å². The van der Waals surface area contributed by atoms with E-state index in [2.05, 4.69) is 18.7 Å². The van der Waals surface area contributed by atoms with Crippen LogP contribution in [0.15, 0.2) is 0 Å². The van der Waals surface area contributed by atoms with E-state index in [-0.39, 0.29) is 6.10 Å². The molecule has 74 valence electrons. The van der Waals surface area contributed by atoms with E-state index in [9.17, 15) is 5.11 Å². The fraction of sp³-hybridized carbons (Fsp3) is 1.00. The van der Waals surface area contributed by atoms with E-state index in [1.54, 1.807) is 0 Å². The topological polar surface area (TPSA) is 32.7 Å². The monoisotopic (exact) mass is 175 g/mol. The Kier molecular flexibility index (Phi) is 6.34. The smallest absolute Gasteiger partial charge is 0.0900 e. The first-order valence-corrected chi connectivity index (χ1v) is 4.54. The second-order valence-corrected chi connectivity index (χ2v) is 3.35. The van der Waals surface area contributed by atoms with Crippen LogP contribution in [0.25, 0.3) is 0 Å². The zero-order chi connectivity index (χ0) is 9.56. The van der Waals surface area contributed by atoms with Gasteiger partial charge in [0, 0.05) is 19.2 Å². The molecular formula is C9H21NO2. The zero-order valence-electron chi connectivity index (χ0n) is 8.58. The average Bonchev–Trinajstić information content (AvgIpc) is 2.00. The van der Waals surface area contributed by atoms with Gasteiger partial charge < -0.3 is 14.7 Å². The van der Waals surface area contributed by atoms with Gasteiger partial charge in [-0.05, 0) is 27.8 Å². The van der Waals surface area contributed by atoms with Gasteiger partial charge in [-0.1, -0.05) is 0 Å². The standard InChI is InChI=1S/C9H21NO2/c1-5-12-7-9(11)6-10(4)8(2)3/h8-9,11H,5-7H2,1-4H3. The van der Waals surface area contributed by atoms with Crippen molar-refractivity contribution in [1.82, 2.24) is 4.90 Å². The maximum absolute atomic E-state index is 9.43. The van der Waals surface area contributed by atoms with Crippen LogP contribution in [0, 0.1) is 0 Å². The lowest BCUT2D eigenvalue weighted by molar-refractivity contribution is 0.0209. The first-order chi connectivity index (χ1) is 5.57. The van der Waals surface area contributed by atoms with Gasteiger partial charge in [0.1, 0.15) is 0 Å². The summed E-state index contributed by atoms with van der Waals surface area (Å²) in [6.45, 7) is 7.92. The molecule has 3 nitrogen and oxygen atoms in total. The van der Waals surface area contributed by atoms with Gasteiger partial charge in [-0.15, -0.1) is 0 Å². The maximum atomic E-state index is 9.43. The lowest BCUT2D eigenvalue weighted by Crippen LogP contribution is -2.36. The second kappa shape index (κ2) is 6.40. The van der Waals surface area contributed by atoms with Crippen molar-refractivity contribution in [3.63, 3.8) is 0 Å². The first kappa shape index (κ1) is 11.9. The summed E-state index contributed by atoms with van der Waals surface area (Å²) >= 11 is 0. The molecule has 0 amide bonds. The molecule has 0 aromatic heterocycles. The Balaban J connectivity index is 3.47. The fourth-order valence-corrected chi connectivity index (χ4v) is 0.850. The van der Waals surface area contributed by atoms with Gasteiger partial charge in [0.2, 0.25) is 0 Å². The summed E-state index contributed by atoms with van der Waals surface area (Å²) in [4.78, 5) is 2.10. The molecule has 0 rings (SSSR count). The Morgan fingerprint density at radius 1 is 1.42 bits per heavy atom. The van der Waals surface area contributed by atoms with Crippen LogP contribution in [0.1, 0.15) is 20.8 Å². The molecule has 0 saturated heterocycles. The first-order valence-electron chi connectivity index (χ1n) is 4.54. The van der Waals surface area contributed by atoms with Crippen molar-refractivity contribution in [2.24, 2.45) is 0 Å². The van der Waals surface area contributed by atoms with Crippen molar-refractivity contribution in [1.29, 1.82) is 0 Å². The Labute approximate surface area is 75.3 Å². The quantitative estimate of drug-likeness (QED) is 0.646. The van der Waals surface area contributed by atoms with Crippen LogP contribution in [0.4, 0.5) is 0 Å². The predicted molar refractivity (Wildman–Crippen MR) is 50.3 cm³/mol. The summed E-state index contributed by atoms with van der Waals surface area (Å²) in [5.41, 5.74) is 0. The summed E-state index contributed by atoms with van der Waals surface area (Å²) < 4.78 is 5.10. The predicted octanol–water partition coefficient (Wildman–Crippen LogP) is 0.724. The van der Waals surface area contributed by atoms with Gasteiger partial charge in [0.15, 0.2) is 0 Å². The van der Waals surface area contributed by atoms with Crippen LogP contribution in [0.3, 0.4) is 0 Å². The molecule has 0 aliphatic rings. The van der Waals surface area contributed by atoms with Gasteiger partial charge in [0.05, 0.1) is 12.7 Å². The molecule has 1 unspecified atom stereocenters. The van der Waals surface area contributed by atoms with E-state index >= 15 is 0 Å². The number of aliphatic hydroxyl groups is 1. The van der Waals surface area contributed by atoms with Crippen molar-refractivity contribution >= 4 is 0 Å². The summed E-state index contributed by atoms with van der Waals surface area (Å²) in [6, 6.07) is 0.473. The number of ether oxygens (including phenoxy) is 1. The van der Waals surface area contributed by atoms with Gasteiger partial charge in [0.25, 0.3) is 0 Å². The van der Waals surface area contributed by atoms with Crippen LogP contribution in [-0.2, 0) is 4.74 Å². The molecular weight excluding hydrogens is 154 g/mol. The van der Waals surface area contributed by atoms with E-state index in [0.29, 0.717) is 25.8 Å². The maximum Gasteiger partial charge on any atom is 0.0900 e. The van der Waals surface area contributed by atoms with E-state index < -0.39 is 0 Å². The molecule has 0 aliphatic carbocycles. The second-order valence-electron chi connectivity index (χ2n) is 3.35. The van der Waals surface area contributed by atoms with Crippen LogP contribution in [0.5, 0.6) is 0 Å². The summed E-state index contributed by atoms with van der Waals surface area (Å²) in [5, 5.41) is 9.43. The number of rotatable bonds is 6. The van der Waals surface area contributed by atoms with Crippen molar-refractivity contribution < 1.29 is 9.84 Å². The number of hydrogen-bond acceptors (Lipinski definition) is 3. The molecule has 0 aromatic rings. The Bertz CT molecular complexity index is 107. The normalized spacial score (nSPS) is 14.2. The fourth-order valence-electron chi connectivity index (χ4n) is 0.850. The van der Waals surface area contributed by atoms with Crippen molar-refractivity contribution in [2.45, 2.75) is 32.9 Å². The van der Waals surface area contributed by atoms with E-state index in [1.807, 2.05) is 14.0 Å². The number of aliphatic hydroxyl groups excluding tert-OH is 1. The van der Waals surface area contributed by atoms with Gasteiger partial charge in [-0.3, -0.25) is 0 Å². The van der Waals surface area contributed by atoms with E-state index in [0.717, 1.165) is 0 Å². The molecule has 0 heterocycles. The van der Waals surface area contributed by atoms with Crippen LogP contribution in [0.2, 0.25) is 0 Å². The molecule has 0 spiro atoms. The minimum absolute atomic E-state index is 0.364. The highest BCUT2D eigenvalue weighted by atomic mass is 16.5. The van der Waals surface area contributed by atoms with Gasteiger partial charge in [-0.2, -0.15) is 0 Å². The molecule has 1 atom stereocenters. The number of nitrogens with zero attached hydrogens (tertiary/aromatic N) is 1.